The molecule has 0 aliphatic carbocycles. The Morgan fingerprint density at radius 2 is 2.10 bits per heavy atom. The minimum Gasteiger partial charge on any atom is -0.371 e. The molecule has 1 aromatic rings. The maximum Gasteiger partial charge on any atom is 0.269 e. The van der Waals surface area contributed by atoms with Crippen molar-refractivity contribution in [3.8, 4) is 0 Å². The summed E-state index contributed by atoms with van der Waals surface area (Å²) in [7, 11) is 0. The smallest absolute Gasteiger partial charge is 0.269 e. The third-order valence-electron chi connectivity index (χ3n) is 3.67. The third-order valence-corrected chi connectivity index (χ3v) is 3.67. The third kappa shape index (κ3) is 3.70. The lowest BCUT2D eigenvalue weighted by Crippen LogP contribution is -2.42. The number of carbonyl (C=O) groups excluding carboxylic acids is 1. The SMILES string of the molecule is CCNC(=O)c1cc(N2CCC(NCC)CC2)ccn1. The number of carbonyl (C=O) groups is 1. The monoisotopic (exact) mass is 276 g/mol. The van der Waals surface area contributed by atoms with Gasteiger partial charge >= 0.3 is 0 Å². The van der Waals surface area contributed by atoms with E-state index in [1.807, 2.05) is 19.1 Å². The maximum absolute atomic E-state index is 11.8. The van der Waals surface area contributed by atoms with Crippen molar-refractivity contribution in [3.05, 3.63) is 24.0 Å². The van der Waals surface area contributed by atoms with Crippen LogP contribution in [-0.2, 0) is 0 Å². The van der Waals surface area contributed by atoms with Crippen molar-refractivity contribution >= 4 is 11.6 Å². The number of amides is 1. The average Bonchev–Trinajstić information content (AvgIpc) is 2.49. The van der Waals surface area contributed by atoms with Crippen LogP contribution >= 0.6 is 0 Å². The summed E-state index contributed by atoms with van der Waals surface area (Å²) in [6.07, 6.45) is 4.01. The Balaban J connectivity index is 1.99. The molecule has 0 radical (unpaired) electrons. The first-order valence-corrected chi connectivity index (χ1v) is 7.47. The minimum absolute atomic E-state index is 0.100. The van der Waals surface area contributed by atoms with E-state index in [1.54, 1.807) is 6.20 Å². The molecule has 1 aliphatic rings. The molecule has 2 N–H and O–H groups in total. The summed E-state index contributed by atoms with van der Waals surface area (Å²) in [5, 5.41) is 6.29. The van der Waals surface area contributed by atoms with Gasteiger partial charge in [-0.05, 0) is 38.4 Å². The number of pyridine rings is 1. The average molecular weight is 276 g/mol. The molecule has 2 rings (SSSR count). The molecule has 1 aliphatic heterocycles. The summed E-state index contributed by atoms with van der Waals surface area (Å²) >= 11 is 0. The van der Waals surface area contributed by atoms with Gasteiger partial charge in [0.25, 0.3) is 5.91 Å². The normalized spacial score (nSPS) is 16.2. The Bertz CT molecular complexity index is 441. The Morgan fingerprint density at radius 3 is 2.75 bits per heavy atom. The molecule has 0 aromatic carbocycles. The fourth-order valence-electron chi connectivity index (χ4n) is 2.62. The number of nitrogens with zero attached hydrogens (tertiary/aromatic N) is 2. The van der Waals surface area contributed by atoms with Crippen molar-refractivity contribution in [3.63, 3.8) is 0 Å². The van der Waals surface area contributed by atoms with Gasteiger partial charge in [-0.15, -0.1) is 0 Å². The lowest BCUT2D eigenvalue weighted by Gasteiger charge is -2.34. The lowest BCUT2D eigenvalue weighted by molar-refractivity contribution is 0.0951. The highest BCUT2D eigenvalue weighted by Crippen LogP contribution is 2.20. The summed E-state index contributed by atoms with van der Waals surface area (Å²) in [4.78, 5) is 18.3. The molecule has 0 unspecified atom stereocenters. The zero-order chi connectivity index (χ0) is 14.4. The zero-order valence-electron chi connectivity index (χ0n) is 12.4. The van der Waals surface area contributed by atoms with Crippen molar-refractivity contribution in [2.75, 3.05) is 31.1 Å². The molecule has 5 nitrogen and oxygen atoms in total. The molecular formula is C15H24N4O. The summed E-state index contributed by atoms with van der Waals surface area (Å²) in [6.45, 7) is 7.76. The van der Waals surface area contributed by atoms with E-state index in [9.17, 15) is 4.79 Å². The van der Waals surface area contributed by atoms with E-state index in [4.69, 9.17) is 0 Å². The first-order valence-electron chi connectivity index (χ1n) is 7.47. The van der Waals surface area contributed by atoms with Gasteiger partial charge in [-0.1, -0.05) is 6.92 Å². The topological polar surface area (TPSA) is 57.3 Å². The minimum atomic E-state index is -0.100. The van der Waals surface area contributed by atoms with Crippen molar-refractivity contribution in [1.82, 2.24) is 15.6 Å². The highest BCUT2D eigenvalue weighted by Gasteiger charge is 2.19. The van der Waals surface area contributed by atoms with Gasteiger partial charge in [0, 0.05) is 37.6 Å². The van der Waals surface area contributed by atoms with Crippen molar-refractivity contribution in [1.29, 1.82) is 0 Å². The van der Waals surface area contributed by atoms with E-state index in [0.717, 1.165) is 38.2 Å². The van der Waals surface area contributed by atoms with Crippen LogP contribution in [0.25, 0.3) is 0 Å². The van der Waals surface area contributed by atoms with Crippen LogP contribution in [0.3, 0.4) is 0 Å². The molecule has 1 saturated heterocycles. The Kier molecular flexibility index (Phi) is 5.35. The number of aromatic nitrogens is 1. The maximum atomic E-state index is 11.8. The van der Waals surface area contributed by atoms with E-state index in [-0.39, 0.29) is 5.91 Å². The van der Waals surface area contributed by atoms with Crippen molar-refractivity contribution in [2.45, 2.75) is 32.7 Å². The van der Waals surface area contributed by atoms with Gasteiger partial charge in [-0.25, -0.2) is 0 Å². The molecular weight excluding hydrogens is 252 g/mol. The van der Waals surface area contributed by atoms with Crippen molar-refractivity contribution in [2.24, 2.45) is 0 Å². The fourth-order valence-corrected chi connectivity index (χ4v) is 2.62. The van der Waals surface area contributed by atoms with Gasteiger partial charge in [0.1, 0.15) is 5.69 Å². The van der Waals surface area contributed by atoms with E-state index in [2.05, 4.69) is 27.4 Å². The molecule has 1 amide bonds. The number of anilines is 1. The second-order valence-electron chi connectivity index (χ2n) is 5.08. The van der Waals surface area contributed by atoms with E-state index in [1.165, 1.54) is 0 Å². The molecule has 0 bridgehead atoms. The van der Waals surface area contributed by atoms with Gasteiger partial charge in [0.15, 0.2) is 0 Å². The van der Waals surface area contributed by atoms with Crippen LogP contribution in [0.5, 0.6) is 0 Å². The molecule has 0 saturated carbocycles. The fraction of sp³-hybridized carbons (Fsp3) is 0.600. The van der Waals surface area contributed by atoms with Gasteiger partial charge in [-0.2, -0.15) is 0 Å². The summed E-state index contributed by atoms with van der Waals surface area (Å²) in [5.74, 6) is -0.100. The number of nitrogens with one attached hydrogen (secondary N) is 2. The quantitative estimate of drug-likeness (QED) is 0.854. The Morgan fingerprint density at radius 1 is 1.35 bits per heavy atom. The molecule has 5 heteroatoms. The summed E-state index contributed by atoms with van der Waals surface area (Å²) < 4.78 is 0. The lowest BCUT2D eigenvalue weighted by atomic mass is 10.0. The van der Waals surface area contributed by atoms with E-state index in [0.29, 0.717) is 18.3 Å². The second-order valence-corrected chi connectivity index (χ2v) is 5.08. The predicted molar refractivity (Wildman–Crippen MR) is 81.2 cm³/mol. The highest BCUT2D eigenvalue weighted by molar-refractivity contribution is 5.93. The molecule has 0 atom stereocenters. The van der Waals surface area contributed by atoms with Crippen LogP contribution in [0.2, 0.25) is 0 Å². The summed E-state index contributed by atoms with van der Waals surface area (Å²) in [6, 6.07) is 4.50. The van der Waals surface area contributed by atoms with E-state index < -0.39 is 0 Å². The number of hydrogen-bond acceptors (Lipinski definition) is 4. The van der Waals surface area contributed by atoms with Gasteiger partial charge in [0.2, 0.25) is 0 Å². The van der Waals surface area contributed by atoms with Gasteiger partial charge in [0.05, 0.1) is 0 Å². The van der Waals surface area contributed by atoms with Crippen LogP contribution in [0, 0.1) is 0 Å². The summed E-state index contributed by atoms with van der Waals surface area (Å²) in [5.41, 5.74) is 1.59. The number of hydrogen-bond donors (Lipinski definition) is 2. The Hall–Kier alpha value is -1.62. The standard InChI is InChI=1S/C15H24N4O/c1-3-16-12-6-9-19(10-7-12)13-5-8-18-14(11-13)15(20)17-4-2/h5,8,11-12,16H,3-4,6-7,9-10H2,1-2H3,(H,17,20). The highest BCUT2D eigenvalue weighted by atomic mass is 16.1. The molecule has 2 heterocycles. The van der Waals surface area contributed by atoms with Crippen LogP contribution < -0.4 is 15.5 Å². The van der Waals surface area contributed by atoms with Crippen LogP contribution in [0.15, 0.2) is 18.3 Å². The Labute approximate surface area is 120 Å². The molecule has 20 heavy (non-hydrogen) atoms. The van der Waals surface area contributed by atoms with Crippen LogP contribution in [0.4, 0.5) is 5.69 Å². The molecule has 110 valence electrons. The number of piperidine rings is 1. The number of rotatable bonds is 5. The van der Waals surface area contributed by atoms with E-state index >= 15 is 0 Å². The van der Waals surface area contributed by atoms with Crippen molar-refractivity contribution < 1.29 is 4.79 Å². The van der Waals surface area contributed by atoms with Gasteiger partial charge in [-0.3, -0.25) is 9.78 Å². The largest absolute Gasteiger partial charge is 0.371 e. The zero-order valence-corrected chi connectivity index (χ0v) is 12.4. The second kappa shape index (κ2) is 7.24. The first kappa shape index (κ1) is 14.8. The first-order chi connectivity index (χ1) is 9.74. The molecule has 1 aromatic heterocycles. The van der Waals surface area contributed by atoms with Gasteiger partial charge < -0.3 is 15.5 Å². The van der Waals surface area contributed by atoms with Crippen LogP contribution in [-0.4, -0.2) is 43.1 Å². The molecule has 0 spiro atoms. The predicted octanol–water partition coefficient (Wildman–Crippen LogP) is 1.41. The van der Waals surface area contributed by atoms with Crippen LogP contribution in [0.1, 0.15) is 37.2 Å². The molecule has 1 fully saturated rings.